The third-order valence-electron chi connectivity index (χ3n) is 2.30. The van der Waals surface area contributed by atoms with Gasteiger partial charge in [0.15, 0.2) is 0 Å². The number of cyclic esters (lactones) is 1. The van der Waals surface area contributed by atoms with Gasteiger partial charge in [0, 0.05) is 14.8 Å². The monoisotopic (exact) mass is 364 g/mol. The van der Waals surface area contributed by atoms with Crippen molar-refractivity contribution in [1.29, 1.82) is 0 Å². The summed E-state index contributed by atoms with van der Waals surface area (Å²) in [6.07, 6.45) is -4.56. The van der Waals surface area contributed by atoms with Gasteiger partial charge in [-0.2, -0.15) is 13.2 Å². The third kappa shape index (κ3) is 4.42. The van der Waals surface area contributed by atoms with Crippen molar-refractivity contribution in [3.63, 3.8) is 0 Å². The normalized spacial score (nSPS) is 17.3. The number of halogens is 4. The van der Waals surface area contributed by atoms with Crippen molar-refractivity contribution in [3.8, 4) is 0 Å². The topological polar surface area (TPSA) is 26.3 Å². The maximum absolute atomic E-state index is 12.2. The number of allylic oxidation sites excluding steroid dienone is 1. The van der Waals surface area contributed by atoms with E-state index in [-0.39, 0.29) is 11.3 Å². The number of benzene rings is 1. The lowest BCUT2D eigenvalue weighted by molar-refractivity contribution is -0.142. The van der Waals surface area contributed by atoms with Crippen molar-refractivity contribution in [2.75, 3.05) is 0 Å². The fourth-order valence-electron chi connectivity index (χ4n) is 1.47. The van der Waals surface area contributed by atoms with E-state index >= 15 is 0 Å². The standard InChI is InChI=1S/C13H8BrF3O2S/c14-9-1-3-11(4-2-9)20-7-10-5-8(12(18)19-10)6-13(15,16)17/h1-5,7H,6H2/b10-7+. The Morgan fingerprint density at radius 3 is 2.50 bits per heavy atom. The van der Waals surface area contributed by atoms with Crippen LogP contribution in [0.3, 0.4) is 0 Å². The molecular weight excluding hydrogens is 357 g/mol. The Kier molecular flexibility index (Phi) is 4.59. The molecule has 0 saturated heterocycles. The molecule has 0 amide bonds. The second-order valence-electron chi connectivity index (χ2n) is 3.94. The summed E-state index contributed by atoms with van der Waals surface area (Å²) >= 11 is 4.56. The molecule has 0 saturated carbocycles. The van der Waals surface area contributed by atoms with Crippen LogP contribution in [0.4, 0.5) is 13.2 Å². The zero-order valence-corrected chi connectivity index (χ0v) is 12.3. The smallest absolute Gasteiger partial charge is 0.393 e. The van der Waals surface area contributed by atoms with Gasteiger partial charge in [-0.1, -0.05) is 27.7 Å². The molecular formula is C13H8BrF3O2S. The first-order chi connectivity index (χ1) is 9.33. The number of ether oxygens (including phenoxy) is 1. The second kappa shape index (κ2) is 6.05. The van der Waals surface area contributed by atoms with Crippen molar-refractivity contribution in [1.82, 2.24) is 0 Å². The van der Waals surface area contributed by atoms with Gasteiger partial charge < -0.3 is 4.74 Å². The van der Waals surface area contributed by atoms with E-state index in [1.54, 1.807) is 0 Å². The largest absolute Gasteiger partial charge is 0.423 e. The van der Waals surface area contributed by atoms with Crippen LogP contribution < -0.4 is 0 Å². The lowest BCUT2D eigenvalue weighted by atomic mass is 10.2. The lowest BCUT2D eigenvalue weighted by Gasteiger charge is -2.03. The minimum atomic E-state index is -4.42. The van der Waals surface area contributed by atoms with Crippen LogP contribution in [0.15, 0.2) is 56.5 Å². The molecule has 7 heteroatoms. The van der Waals surface area contributed by atoms with Gasteiger partial charge in [0.05, 0.1) is 12.0 Å². The van der Waals surface area contributed by atoms with Gasteiger partial charge >= 0.3 is 12.1 Å². The summed E-state index contributed by atoms with van der Waals surface area (Å²) in [4.78, 5) is 12.2. The number of hydrogen-bond acceptors (Lipinski definition) is 3. The van der Waals surface area contributed by atoms with Crippen LogP contribution in [0.2, 0.25) is 0 Å². The first-order valence-corrected chi connectivity index (χ1v) is 7.13. The molecule has 20 heavy (non-hydrogen) atoms. The fraction of sp³-hybridized carbons (Fsp3) is 0.154. The highest BCUT2D eigenvalue weighted by atomic mass is 79.9. The highest BCUT2D eigenvalue weighted by Crippen LogP contribution is 2.31. The van der Waals surface area contributed by atoms with E-state index in [4.69, 9.17) is 4.74 Å². The molecule has 0 bridgehead atoms. The number of carbonyl (C=O) groups is 1. The van der Waals surface area contributed by atoms with Gasteiger partial charge in [-0.05, 0) is 30.3 Å². The highest BCUT2D eigenvalue weighted by molar-refractivity contribution is 9.10. The lowest BCUT2D eigenvalue weighted by Crippen LogP contribution is -2.12. The van der Waals surface area contributed by atoms with Crippen molar-refractivity contribution in [2.45, 2.75) is 17.5 Å². The molecule has 2 rings (SSSR count). The first-order valence-electron chi connectivity index (χ1n) is 5.45. The molecule has 0 fully saturated rings. The molecule has 0 aliphatic carbocycles. The van der Waals surface area contributed by atoms with Crippen LogP contribution in [0, 0.1) is 0 Å². The maximum Gasteiger partial charge on any atom is 0.393 e. The van der Waals surface area contributed by atoms with Crippen LogP contribution in [0.1, 0.15) is 6.42 Å². The maximum atomic E-state index is 12.2. The summed E-state index contributed by atoms with van der Waals surface area (Å²) in [7, 11) is 0. The molecule has 1 aromatic rings. The first kappa shape index (κ1) is 15.2. The van der Waals surface area contributed by atoms with E-state index in [9.17, 15) is 18.0 Å². The molecule has 1 aromatic carbocycles. The number of carbonyl (C=O) groups excluding carboxylic acids is 1. The van der Waals surface area contributed by atoms with Crippen molar-refractivity contribution < 1.29 is 22.7 Å². The zero-order valence-electron chi connectivity index (χ0n) is 9.91. The van der Waals surface area contributed by atoms with Gasteiger partial charge in [0.2, 0.25) is 0 Å². The molecule has 0 spiro atoms. The van der Waals surface area contributed by atoms with Crippen molar-refractivity contribution in [2.24, 2.45) is 0 Å². The van der Waals surface area contributed by atoms with Gasteiger partial charge in [-0.15, -0.1) is 0 Å². The van der Waals surface area contributed by atoms with Crippen LogP contribution in [-0.4, -0.2) is 12.1 Å². The van der Waals surface area contributed by atoms with E-state index in [0.29, 0.717) is 0 Å². The number of alkyl halides is 3. The quantitative estimate of drug-likeness (QED) is 0.568. The van der Waals surface area contributed by atoms with E-state index in [0.717, 1.165) is 15.4 Å². The van der Waals surface area contributed by atoms with Crippen molar-refractivity contribution >= 4 is 33.7 Å². The fourth-order valence-corrected chi connectivity index (χ4v) is 2.40. The number of rotatable bonds is 3. The molecule has 1 aliphatic rings. The van der Waals surface area contributed by atoms with E-state index in [2.05, 4.69) is 15.9 Å². The van der Waals surface area contributed by atoms with Crippen LogP contribution in [0.5, 0.6) is 0 Å². The Morgan fingerprint density at radius 2 is 1.90 bits per heavy atom. The van der Waals surface area contributed by atoms with Crippen LogP contribution in [-0.2, 0) is 9.53 Å². The molecule has 0 radical (unpaired) electrons. The van der Waals surface area contributed by atoms with E-state index in [1.807, 2.05) is 24.3 Å². The van der Waals surface area contributed by atoms with Gasteiger partial charge in [0.25, 0.3) is 0 Å². The number of hydrogen-bond donors (Lipinski definition) is 0. The average molecular weight is 365 g/mol. The summed E-state index contributed by atoms with van der Waals surface area (Å²) in [6.45, 7) is 0. The van der Waals surface area contributed by atoms with Crippen molar-refractivity contribution in [3.05, 3.63) is 51.6 Å². The minimum Gasteiger partial charge on any atom is -0.423 e. The Balaban J connectivity index is 2.05. The van der Waals surface area contributed by atoms with Gasteiger partial charge in [-0.3, -0.25) is 0 Å². The zero-order chi connectivity index (χ0) is 14.8. The summed E-state index contributed by atoms with van der Waals surface area (Å²) < 4.78 is 42.3. The summed E-state index contributed by atoms with van der Waals surface area (Å²) in [5.41, 5.74) is -0.375. The minimum absolute atomic E-state index is 0.127. The molecule has 0 N–H and O–H groups in total. The SMILES string of the molecule is O=C1O/C(=C/Sc2ccc(Br)cc2)C=C1CC(F)(F)F. The Labute approximate surface area is 125 Å². The van der Waals surface area contributed by atoms with Crippen LogP contribution >= 0.6 is 27.7 Å². The summed E-state index contributed by atoms with van der Waals surface area (Å²) in [5.74, 6) is -0.813. The van der Waals surface area contributed by atoms with E-state index in [1.165, 1.54) is 17.2 Å². The Hall–Kier alpha value is -1.21. The molecule has 1 heterocycles. The second-order valence-corrected chi connectivity index (χ2v) is 5.80. The molecule has 2 nitrogen and oxygen atoms in total. The Bertz CT molecular complexity index is 576. The van der Waals surface area contributed by atoms with Gasteiger partial charge in [-0.25, -0.2) is 4.79 Å². The highest BCUT2D eigenvalue weighted by Gasteiger charge is 2.34. The predicted molar refractivity (Wildman–Crippen MR) is 72.9 cm³/mol. The summed E-state index contributed by atoms with van der Waals surface area (Å²) in [5, 5.41) is 1.50. The Morgan fingerprint density at radius 1 is 1.25 bits per heavy atom. The molecule has 1 aliphatic heterocycles. The molecule has 0 aromatic heterocycles. The van der Waals surface area contributed by atoms with E-state index < -0.39 is 18.6 Å². The summed E-state index contributed by atoms with van der Waals surface area (Å²) in [6, 6.07) is 7.35. The number of esters is 1. The van der Waals surface area contributed by atoms with Gasteiger partial charge in [0.1, 0.15) is 5.76 Å². The molecule has 0 atom stereocenters. The third-order valence-corrected chi connectivity index (χ3v) is 3.73. The average Bonchev–Trinajstić information content (AvgIpc) is 2.67. The predicted octanol–water partition coefficient (Wildman–Crippen LogP) is 4.82. The number of thioether (sulfide) groups is 1. The molecule has 0 unspecified atom stereocenters. The van der Waals surface area contributed by atoms with Crippen LogP contribution in [0.25, 0.3) is 0 Å². The molecule has 106 valence electrons.